The van der Waals surface area contributed by atoms with E-state index in [0.29, 0.717) is 23.6 Å². The average molecular weight is 472 g/mol. The van der Waals surface area contributed by atoms with Crippen molar-refractivity contribution in [3.63, 3.8) is 0 Å². The van der Waals surface area contributed by atoms with Crippen molar-refractivity contribution < 1.29 is 23.5 Å². The minimum absolute atomic E-state index is 0.0805. The molecule has 1 aromatic heterocycles. The van der Waals surface area contributed by atoms with Gasteiger partial charge in [-0.1, -0.05) is 54.6 Å². The molecule has 4 rings (SSSR count). The number of para-hydroxylation sites is 2. The maximum atomic E-state index is 13.0. The van der Waals surface area contributed by atoms with Crippen LogP contribution in [0.5, 0.6) is 5.75 Å². The number of esters is 1. The third kappa shape index (κ3) is 4.94. The number of carbonyl (C=O) groups excluding carboxylic acids is 2. The van der Waals surface area contributed by atoms with E-state index in [0.717, 1.165) is 11.1 Å². The molecule has 0 aliphatic carbocycles. The number of fused-ring (bicyclic) bond motifs is 1. The minimum Gasteiger partial charge on any atom is -0.496 e. The predicted octanol–water partition coefficient (Wildman–Crippen LogP) is 4.59. The van der Waals surface area contributed by atoms with E-state index < -0.39 is 12.6 Å². The van der Waals surface area contributed by atoms with Gasteiger partial charge in [0.05, 0.1) is 12.5 Å². The van der Waals surface area contributed by atoms with Gasteiger partial charge in [-0.2, -0.15) is 0 Å². The topological polar surface area (TPSA) is 86.0 Å². The fourth-order valence-corrected chi connectivity index (χ4v) is 3.83. The van der Waals surface area contributed by atoms with Gasteiger partial charge in [-0.3, -0.25) is 9.59 Å². The molecular formula is C28H25NO6. The van der Waals surface area contributed by atoms with Crippen molar-refractivity contribution in [1.29, 1.82) is 0 Å². The van der Waals surface area contributed by atoms with Crippen LogP contribution in [0.4, 0.5) is 0 Å². The number of hydrogen-bond donors (Lipinski definition) is 0. The normalized spacial score (nSPS) is 10.7. The first-order valence-electron chi connectivity index (χ1n) is 11.1. The number of nitrogens with zero attached hydrogens (tertiary/aromatic N) is 1. The fourth-order valence-electron chi connectivity index (χ4n) is 3.83. The highest BCUT2D eigenvalue weighted by molar-refractivity contribution is 6.02. The molecule has 0 saturated carbocycles. The summed E-state index contributed by atoms with van der Waals surface area (Å²) in [5, 5.41) is 0.274. The maximum Gasteiger partial charge on any atom is 0.342 e. The Bertz CT molecular complexity index is 1440. The Morgan fingerprint density at radius 3 is 2.40 bits per heavy atom. The number of hydrogen-bond acceptors (Lipinski definition) is 6. The van der Waals surface area contributed by atoms with E-state index in [1.807, 2.05) is 54.6 Å². The Hall–Kier alpha value is -4.39. The first kappa shape index (κ1) is 23.8. The number of ether oxygens (including phenoxy) is 2. The molecule has 0 spiro atoms. The largest absolute Gasteiger partial charge is 0.496 e. The van der Waals surface area contributed by atoms with Crippen molar-refractivity contribution in [3.8, 4) is 17.1 Å². The van der Waals surface area contributed by atoms with Crippen molar-refractivity contribution >= 4 is 22.8 Å². The number of methoxy groups -OCH3 is 1. The number of likely N-dealkylation sites (N-methyl/N-ethyl adjacent to an activating group) is 1. The molecule has 35 heavy (non-hydrogen) atoms. The van der Waals surface area contributed by atoms with Crippen LogP contribution < -0.4 is 10.2 Å². The third-order valence-corrected chi connectivity index (χ3v) is 5.75. The fraction of sp³-hybridized carbons (Fsp3) is 0.179. The van der Waals surface area contributed by atoms with Gasteiger partial charge >= 0.3 is 5.97 Å². The highest BCUT2D eigenvalue weighted by atomic mass is 16.5. The summed E-state index contributed by atoms with van der Waals surface area (Å²) < 4.78 is 16.7. The average Bonchev–Trinajstić information content (AvgIpc) is 2.89. The number of rotatable bonds is 7. The van der Waals surface area contributed by atoms with Crippen molar-refractivity contribution in [2.24, 2.45) is 0 Å². The monoisotopic (exact) mass is 471 g/mol. The highest BCUT2D eigenvalue weighted by Crippen LogP contribution is 2.27. The number of amides is 1. The van der Waals surface area contributed by atoms with Gasteiger partial charge in [0.1, 0.15) is 17.1 Å². The standard InChI is InChI=1S/C28H25NO6/c1-18-25(31)21-13-9-14-22(27(21)35-26(18)19-10-5-4-6-11-19)28(32)34-17-24(30)29(2)16-20-12-7-8-15-23(20)33-3/h4-15H,16-17H2,1-3H3. The lowest BCUT2D eigenvalue weighted by atomic mass is 10.0. The Balaban J connectivity index is 1.55. The highest BCUT2D eigenvalue weighted by Gasteiger charge is 2.21. The van der Waals surface area contributed by atoms with E-state index in [4.69, 9.17) is 13.9 Å². The summed E-state index contributed by atoms with van der Waals surface area (Å²) in [6.45, 7) is 1.53. The molecule has 0 aliphatic heterocycles. The van der Waals surface area contributed by atoms with Gasteiger partial charge in [0.25, 0.3) is 5.91 Å². The lowest BCUT2D eigenvalue weighted by Gasteiger charge is -2.19. The zero-order valence-corrected chi connectivity index (χ0v) is 19.7. The summed E-state index contributed by atoms with van der Waals surface area (Å²) in [4.78, 5) is 40.0. The van der Waals surface area contributed by atoms with Crippen LogP contribution in [0.1, 0.15) is 21.5 Å². The van der Waals surface area contributed by atoms with Crippen molar-refractivity contribution in [2.75, 3.05) is 20.8 Å². The van der Waals surface area contributed by atoms with Gasteiger partial charge < -0.3 is 18.8 Å². The summed E-state index contributed by atoms with van der Waals surface area (Å²) in [6, 6.07) is 21.3. The van der Waals surface area contributed by atoms with Crippen LogP contribution in [0.3, 0.4) is 0 Å². The summed E-state index contributed by atoms with van der Waals surface area (Å²) in [6.07, 6.45) is 0. The molecule has 178 valence electrons. The lowest BCUT2D eigenvalue weighted by Crippen LogP contribution is -2.31. The smallest absolute Gasteiger partial charge is 0.342 e. The molecule has 4 aromatic rings. The summed E-state index contributed by atoms with van der Waals surface area (Å²) in [7, 11) is 3.18. The van der Waals surface area contributed by atoms with Crippen LogP contribution in [0.15, 0.2) is 82.0 Å². The molecule has 7 nitrogen and oxygen atoms in total. The number of benzene rings is 3. The maximum absolute atomic E-state index is 13.0. The summed E-state index contributed by atoms with van der Waals surface area (Å²) >= 11 is 0. The van der Waals surface area contributed by atoms with E-state index in [1.165, 1.54) is 11.0 Å². The van der Waals surface area contributed by atoms with Gasteiger partial charge in [-0.05, 0) is 25.1 Å². The van der Waals surface area contributed by atoms with Crippen molar-refractivity contribution in [3.05, 3.63) is 99.7 Å². The molecule has 0 aliphatic rings. The van der Waals surface area contributed by atoms with Crippen LogP contribution in [-0.2, 0) is 16.1 Å². The Labute approximate surface area is 202 Å². The third-order valence-electron chi connectivity index (χ3n) is 5.75. The van der Waals surface area contributed by atoms with Gasteiger partial charge in [0.15, 0.2) is 17.6 Å². The first-order valence-corrected chi connectivity index (χ1v) is 11.1. The molecule has 1 amide bonds. The van der Waals surface area contributed by atoms with Gasteiger partial charge in [0.2, 0.25) is 0 Å². The first-order chi connectivity index (χ1) is 16.9. The molecule has 0 N–H and O–H groups in total. The Kier molecular flexibility index (Phi) is 6.96. The van der Waals surface area contributed by atoms with Crippen LogP contribution in [-0.4, -0.2) is 37.5 Å². The lowest BCUT2D eigenvalue weighted by molar-refractivity contribution is -0.133. The van der Waals surface area contributed by atoms with Gasteiger partial charge in [0, 0.05) is 30.3 Å². The van der Waals surface area contributed by atoms with E-state index in [1.54, 1.807) is 33.2 Å². The SMILES string of the molecule is COc1ccccc1CN(C)C(=O)COC(=O)c1cccc2c(=O)c(C)c(-c3ccccc3)oc12. The second-order valence-electron chi connectivity index (χ2n) is 8.07. The van der Waals surface area contributed by atoms with E-state index in [9.17, 15) is 14.4 Å². The van der Waals surface area contributed by atoms with Crippen LogP contribution >= 0.6 is 0 Å². The van der Waals surface area contributed by atoms with E-state index >= 15 is 0 Å². The van der Waals surface area contributed by atoms with Gasteiger partial charge in [-0.15, -0.1) is 0 Å². The summed E-state index contributed by atoms with van der Waals surface area (Å²) in [5.41, 5.74) is 1.98. The predicted molar refractivity (Wildman–Crippen MR) is 132 cm³/mol. The second kappa shape index (κ2) is 10.3. The molecule has 0 saturated heterocycles. The van der Waals surface area contributed by atoms with Crippen LogP contribution in [0, 0.1) is 6.92 Å². The van der Waals surface area contributed by atoms with Crippen molar-refractivity contribution in [1.82, 2.24) is 4.90 Å². The Morgan fingerprint density at radius 1 is 0.943 bits per heavy atom. The molecule has 7 heteroatoms. The molecule has 0 radical (unpaired) electrons. The van der Waals surface area contributed by atoms with Crippen LogP contribution in [0.25, 0.3) is 22.3 Å². The molecule has 0 unspecified atom stereocenters. The molecular weight excluding hydrogens is 446 g/mol. The number of carbonyl (C=O) groups is 2. The zero-order valence-electron chi connectivity index (χ0n) is 19.7. The minimum atomic E-state index is -0.749. The van der Waals surface area contributed by atoms with E-state index in [2.05, 4.69) is 0 Å². The quantitative estimate of drug-likeness (QED) is 0.367. The molecule has 3 aromatic carbocycles. The van der Waals surface area contributed by atoms with Crippen molar-refractivity contribution in [2.45, 2.75) is 13.5 Å². The Morgan fingerprint density at radius 2 is 1.66 bits per heavy atom. The molecule has 0 fully saturated rings. The second-order valence-corrected chi connectivity index (χ2v) is 8.07. The summed E-state index contributed by atoms with van der Waals surface area (Å²) in [5.74, 6) is -0.0807. The van der Waals surface area contributed by atoms with Crippen LogP contribution in [0.2, 0.25) is 0 Å². The molecule has 0 bridgehead atoms. The molecule has 0 atom stereocenters. The van der Waals surface area contributed by atoms with E-state index in [-0.39, 0.29) is 27.9 Å². The van der Waals surface area contributed by atoms with Gasteiger partial charge in [-0.25, -0.2) is 4.79 Å². The zero-order chi connectivity index (χ0) is 24.9. The molecule has 1 heterocycles.